The zero-order chi connectivity index (χ0) is 24.1. The van der Waals surface area contributed by atoms with Crippen LogP contribution in [0.15, 0.2) is 71.9 Å². The molecule has 8 heteroatoms. The molecular weight excluding hydrogens is 451 g/mol. The fourth-order valence-electron chi connectivity index (χ4n) is 3.22. The van der Waals surface area contributed by atoms with Crippen molar-refractivity contribution in [3.05, 3.63) is 95.1 Å². The van der Waals surface area contributed by atoms with Crippen LogP contribution in [0.4, 0.5) is 10.1 Å². The minimum absolute atomic E-state index is 0.0955. The van der Waals surface area contributed by atoms with E-state index in [0.717, 1.165) is 22.6 Å². The van der Waals surface area contributed by atoms with Gasteiger partial charge in [-0.05, 0) is 62.7 Å². The van der Waals surface area contributed by atoms with Crippen molar-refractivity contribution >= 4 is 23.4 Å². The predicted octanol–water partition coefficient (Wildman–Crippen LogP) is 5.64. The molecule has 4 rings (SSSR count). The number of rotatable bonds is 8. The normalized spacial score (nSPS) is 10.8. The summed E-state index contributed by atoms with van der Waals surface area (Å²) in [6.45, 7) is 5.94. The molecule has 1 amide bonds. The largest absolute Gasteiger partial charge is 0.486 e. The third-order valence-corrected chi connectivity index (χ3v) is 6.10. The van der Waals surface area contributed by atoms with Gasteiger partial charge in [-0.25, -0.2) is 4.39 Å². The van der Waals surface area contributed by atoms with E-state index in [2.05, 4.69) is 15.5 Å². The Morgan fingerprint density at radius 3 is 2.32 bits per heavy atom. The van der Waals surface area contributed by atoms with Crippen molar-refractivity contribution in [2.24, 2.45) is 0 Å². The molecule has 0 atom stereocenters. The second kappa shape index (κ2) is 10.5. The molecule has 0 saturated heterocycles. The van der Waals surface area contributed by atoms with E-state index >= 15 is 0 Å². The van der Waals surface area contributed by atoms with Crippen LogP contribution in [0.2, 0.25) is 0 Å². The Kier molecular flexibility index (Phi) is 7.27. The molecule has 0 radical (unpaired) electrons. The summed E-state index contributed by atoms with van der Waals surface area (Å²) in [5.41, 5.74) is 4.11. The van der Waals surface area contributed by atoms with Crippen molar-refractivity contribution in [3.63, 3.8) is 0 Å². The van der Waals surface area contributed by atoms with Gasteiger partial charge in [0.15, 0.2) is 11.0 Å². The second-order valence-electron chi connectivity index (χ2n) is 7.97. The molecule has 1 aromatic heterocycles. The molecule has 0 bridgehead atoms. The summed E-state index contributed by atoms with van der Waals surface area (Å²) in [7, 11) is 0. The molecule has 0 saturated carbocycles. The fourth-order valence-corrected chi connectivity index (χ4v) is 3.99. The summed E-state index contributed by atoms with van der Waals surface area (Å²) in [4.78, 5) is 12.5. The summed E-state index contributed by atoms with van der Waals surface area (Å²) >= 11 is 1.25. The molecule has 0 aliphatic heterocycles. The van der Waals surface area contributed by atoms with Crippen LogP contribution in [-0.2, 0) is 11.4 Å². The maximum atomic E-state index is 13.8. The number of carbonyl (C=O) groups is 1. The maximum absolute atomic E-state index is 13.8. The highest BCUT2D eigenvalue weighted by Gasteiger charge is 2.17. The maximum Gasteiger partial charge on any atom is 0.234 e. The van der Waals surface area contributed by atoms with Gasteiger partial charge in [0, 0.05) is 11.4 Å². The van der Waals surface area contributed by atoms with Gasteiger partial charge in [-0.2, -0.15) is 0 Å². The Balaban J connectivity index is 1.50. The van der Waals surface area contributed by atoms with Gasteiger partial charge in [0.1, 0.15) is 18.2 Å². The Morgan fingerprint density at radius 1 is 0.971 bits per heavy atom. The first-order chi connectivity index (χ1) is 16.4. The van der Waals surface area contributed by atoms with Crippen LogP contribution >= 0.6 is 11.8 Å². The number of nitrogens with zero attached hydrogens (tertiary/aromatic N) is 3. The predicted molar refractivity (Wildman–Crippen MR) is 132 cm³/mol. The van der Waals surface area contributed by atoms with Crippen LogP contribution in [-0.4, -0.2) is 26.4 Å². The van der Waals surface area contributed by atoms with Gasteiger partial charge >= 0.3 is 0 Å². The summed E-state index contributed by atoms with van der Waals surface area (Å²) < 4.78 is 21.6. The molecule has 0 spiro atoms. The Labute approximate surface area is 202 Å². The zero-order valence-corrected chi connectivity index (χ0v) is 20.0. The molecule has 0 unspecified atom stereocenters. The van der Waals surface area contributed by atoms with E-state index in [0.29, 0.717) is 22.2 Å². The lowest BCUT2D eigenvalue weighted by molar-refractivity contribution is -0.113. The summed E-state index contributed by atoms with van der Waals surface area (Å²) in [6.07, 6.45) is 0. The van der Waals surface area contributed by atoms with E-state index in [1.54, 1.807) is 19.1 Å². The summed E-state index contributed by atoms with van der Waals surface area (Å²) in [5, 5.41) is 11.9. The van der Waals surface area contributed by atoms with Gasteiger partial charge in [-0.3, -0.25) is 9.36 Å². The number of ether oxygens (including phenoxy) is 1. The van der Waals surface area contributed by atoms with Gasteiger partial charge in [-0.15, -0.1) is 10.2 Å². The first kappa shape index (κ1) is 23.5. The van der Waals surface area contributed by atoms with Crippen molar-refractivity contribution in [3.8, 4) is 11.4 Å². The molecule has 1 N–H and O–H groups in total. The molecule has 4 aromatic rings. The molecule has 0 aliphatic carbocycles. The van der Waals surface area contributed by atoms with Crippen molar-refractivity contribution in [2.75, 3.05) is 11.1 Å². The highest BCUT2D eigenvalue weighted by Crippen LogP contribution is 2.24. The number of nitrogens with one attached hydrogen (secondary N) is 1. The number of amides is 1. The Morgan fingerprint density at radius 2 is 1.65 bits per heavy atom. The third-order valence-electron chi connectivity index (χ3n) is 5.17. The minimum Gasteiger partial charge on any atom is -0.486 e. The molecule has 0 fully saturated rings. The molecule has 3 aromatic carbocycles. The highest BCUT2D eigenvalue weighted by atomic mass is 32.2. The molecule has 1 heterocycles. The number of aryl methyl sites for hydroxylation is 3. The smallest absolute Gasteiger partial charge is 0.234 e. The Bertz CT molecular complexity index is 1290. The monoisotopic (exact) mass is 476 g/mol. The SMILES string of the molecule is Cc1ccc(OCc2nnc(SCC(=O)Nc3ccc(C)c(F)c3)n2-c2ccc(C)cc2)cc1. The molecular formula is C26H25FN4O2S. The van der Waals surface area contributed by atoms with Crippen LogP contribution in [0.25, 0.3) is 5.69 Å². The summed E-state index contributed by atoms with van der Waals surface area (Å²) in [5.74, 6) is 0.834. The van der Waals surface area contributed by atoms with Crippen molar-refractivity contribution in [2.45, 2.75) is 32.5 Å². The molecule has 34 heavy (non-hydrogen) atoms. The summed E-state index contributed by atoms with van der Waals surface area (Å²) in [6, 6.07) is 20.4. The van der Waals surface area contributed by atoms with Crippen LogP contribution in [0, 0.1) is 26.6 Å². The van der Waals surface area contributed by atoms with Crippen LogP contribution in [0.3, 0.4) is 0 Å². The molecule has 6 nitrogen and oxygen atoms in total. The first-order valence-electron chi connectivity index (χ1n) is 10.8. The number of carbonyl (C=O) groups excluding carboxylic acids is 1. The van der Waals surface area contributed by atoms with Crippen LogP contribution < -0.4 is 10.1 Å². The van der Waals surface area contributed by atoms with E-state index in [-0.39, 0.29) is 24.1 Å². The lowest BCUT2D eigenvalue weighted by Gasteiger charge is -2.12. The fraction of sp³-hybridized carbons (Fsp3) is 0.192. The quantitative estimate of drug-likeness (QED) is 0.333. The average molecular weight is 477 g/mol. The van der Waals surface area contributed by atoms with Gasteiger partial charge in [0.2, 0.25) is 5.91 Å². The number of hydrogen-bond acceptors (Lipinski definition) is 5. The topological polar surface area (TPSA) is 69.0 Å². The Hall–Kier alpha value is -3.65. The van der Waals surface area contributed by atoms with E-state index in [9.17, 15) is 9.18 Å². The van der Waals surface area contributed by atoms with Gasteiger partial charge in [0.05, 0.1) is 5.75 Å². The standard InChI is InChI=1S/C26H25FN4O2S/c1-17-4-10-21(11-5-17)31-24(15-33-22-12-6-18(2)7-13-22)29-30-26(31)34-16-25(32)28-20-9-8-19(3)23(27)14-20/h4-14H,15-16H2,1-3H3,(H,28,32). The number of aromatic nitrogens is 3. The number of thioether (sulfide) groups is 1. The van der Waals surface area contributed by atoms with E-state index in [1.807, 2.05) is 66.9 Å². The van der Waals surface area contributed by atoms with Crippen molar-refractivity contribution in [1.82, 2.24) is 14.8 Å². The highest BCUT2D eigenvalue weighted by molar-refractivity contribution is 7.99. The minimum atomic E-state index is -0.359. The van der Waals surface area contributed by atoms with Gasteiger partial charge < -0.3 is 10.1 Å². The van der Waals surface area contributed by atoms with E-state index in [1.165, 1.54) is 17.8 Å². The lowest BCUT2D eigenvalue weighted by Crippen LogP contribution is -2.15. The molecule has 174 valence electrons. The van der Waals surface area contributed by atoms with Crippen LogP contribution in [0.1, 0.15) is 22.5 Å². The number of benzene rings is 3. The van der Waals surface area contributed by atoms with Crippen molar-refractivity contribution in [1.29, 1.82) is 0 Å². The second-order valence-corrected chi connectivity index (χ2v) is 8.91. The van der Waals surface area contributed by atoms with E-state index in [4.69, 9.17) is 4.74 Å². The lowest BCUT2D eigenvalue weighted by atomic mass is 10.2. The van der Waals surface area contributed by atoms with Gasteiger partial charge in [0.25, 0.3) is 0 Å². The van der Waals surface area contributed by atoms with Crippen molar-refractivity contribution < 1.29 is 13.9 Å². The number of halogens is 1. The van der Waals surface area contributed by atoms with Gasteiger partial charge in [-0.1, -0.05) is 53.2 Å². The van der Waals surface area contributed by atoms with Crippen LogP contribution in [0.5, 0.6) is 5.75 Å². The molecule has 0 aliphatic rings. The average Bonchev–Trinajstić information content (AvgIpc) is 3.23. The zero-order valence-electron chi connectivity index (χ0n) is 19.2. The number of anilines is 1. The first-order valence-corrected chi connectivity index (χ1v) is 11.8. The van der Waals surface area contributed by atoms with E-state index < -0.39 is 0 Å². The third kappa shape index (κ3) is 5.82. The number of hydrogen-bond donors (Lipinski definition) is 1.